The second kappa shape index (κ2) is 3.71. The van der Waals surface area contributed by atoms with Gasteiger partial charge in [0.2, 0.25) is 5.88 Å². The normalized spacial score (nSPS) is 10.9. The van der Waals surface area contributed by atoms with E-state index in [2.05, 4.69) is 19.9 Å². The molecule has 17 heavy (non-hydrogen) atoms. The summed E-state index contributed by atoms with van der Waals surface area (Å²) in [5.41, 5.74) is 2.92. The van der Waals surface area contributed by atoms with Gasteiger partial charge in [0.1, 0.15) is 6.33 Å². The van der Waals surface area contributed by atoms with Gasteiger partial charge in [-0.3, -0.25) is 0 Å². The Morgan fingerprint density at radius 3 is 2.82 bits per heavy atom. The number of halogens is 1. The van der Waals surface area contributed by atoms with Gasteiger partial charge in [-0.1, -0.05) is 11.6 Å². The van der Waals surface area contributed by atoms with Crippen LogP contribution >= 0.6 is 11.6 Å². The van der Waals surface area contributed by atoms with Gasteiger partial charge in [0, 0.05) is 16.7 Å². The summed E-state index contributed by atoms with van der Waals surface area (Å²) >= 11 is 6.02. The molecule has 6 heteroatoms. The zero-order valence-corrected chi connectivity index (χ0v) is 9.31. The number of hydrogen-bond acceptors (Lipinski definition) is 4. The summed E-state index contributed by atoms with van der Waals surface area (Å²) in [6.07, 6.45) is 2.88. The van der Waals surface area contributed by atoms with Crippen molar-refractivity contribution in [3.8, 4) is 17.1 Å². The van der Waals surface area contributed by atoms with Crippen LogP contribution in [0.1, 0.15) is 0 Å². The fourth-order valence-electron chi connectivity index (χ4n) is 1.70. The van der Waals surface area contributed by atoms with Gasteiger partial charge in [-0.2, -0.15) is 0 Å². The number of H-pyrrole nitrogens is 1. The topological polar surface area (TPSA) is 74.7 Å². The number of nitrogens with one attached hydrogen (secondary N) is 1. The Balaban J connectivity index is 2.32. The smallest absolute Gasteiger partial charge is 0.214 e. The van der Waals surface area contributed by atoms with E-state index in [9.17, 15) is 5.11 Å². The zero-order chi connectivity index (χ0) is 11.8. The molecule has 2 N–H and O–H groups in total. The third kappa shape index (κ3) is 1.70. The average Bonchev–Trinajstić information content (AvgIpc) is 2.75. The Morgan fingerprint density at radius 2 is 2.00 bits per heavy atom. The van der Waals surface area contributed by atoms with E-state index in [-0.39, 0.29) is 5.88 Å². The molecule has 0 fully saturated rings. The average molecular weight is 247 g/mol. The van der Waals surface area contributed by atoms with Gasteiger partial charge in [-0.25, -0.2) is 15.0 Å². The van der Waals surface area contributed by atoms with Crippen molar-refractivity contribution in [2.45, 2.75) is 0 Å². The Labute approximate surface area is 101 Å². The second-order valence-electron chi connectivity index (χ2n) is 3.51. The van der Waals surface area contributed by atoms with Crippen molar-refractivity contribution in [3.63, 3.8) is 0 Å². The van der Waals surface area contributed by atoms with Crippen LogP contribution in [0.15, 0.2) is 30.9 Å². The molecule has 0 atom stereocenters. The standard InChI is InChI=1S/C11H7ClN4O/c12-6-1-7(8-3-10(17)15-4-13-8)11-9(2-6)14-5-16-11/h1-5H,(H,14,16)(H,13,15,17). The van der Waals surface area contributed by atoms with Crippen molar-refractivity contribution in [1.82, 2.24) is 19.9 Å². The summed E-state index contributed by atoms with van der Waals surface area (Å²) < 4.78 is 0. The van der Waals surface area contributed by atoms with Gasteiger partial charge in [0.25, 0.3) is 0 Å². The third-order valence-corrected chi connectivity index (χ3v) is 2.64. The number of nitrogens with zero attached hydrogens (tertiary/aromatic N) is 3. The number of aromatic amines is 1. The quantitative estimate of drug-likeness (QED) is 0.691. The highest BCUT2D eigenvalue weighted by Crippen LogP contribution is 2.29. The van der Waals surface area contributed by atoms with Crippen LogP contribution in [-0.2, 0) is 0 Å². The fourth-order valence-corrected chi connectivity index (χ4v) is 1.92. The molecule has 3 rings (SSSR count). The molecule has 2 aromatic heterocycles. The van der Waals surface area contributed by atoms with E-state index in [0.29, 0.717) is 10.7 Å². The summed E-state index contributed by atoms with van der Waals surface area (Å²) in [7, 11) is 0. The molecule has 0 saturated carbocycles. The van der Waals surface area contributed by atoms with Crippen molar-refractivity contribution in [1.29, 1.82) is 0 Å². The third-order valence-electron chi connectivity index (χ3n) is 2.42. The van der Waals surface area contributed by atoms with Gasteiger partial charge >= 0.3 is 0 Å². The van der Waals surface area contributed by atoms with E-state index in [0.717, 1.165) is 16.6 Å². The number of fused-ring (bicyclic) bond motifs is 1. The van der Waals surface area contributed by atoms with Crippen molar-refractivity contribution >= 4 is 22.6 Å². The Bertz CT molecular complexity index is 695. The second-order valence-corrected chi connectivity index (χ2v) is 3.95. The highest BCUT2D eigenvalue weighted by atomic mass is 35.5. The summed E-state index contributed by atoms with van der Waals surface area (Å²) in [5.74, 6) is -0.0846. The van der Waals surface area contributed by atoms with Crippen LogP contribution < -0.4 is 0 Å². The summed E-state index contributed by atoms with van der Waals surface area (Å²) in [5, 5.41) is 9.93. The first-order valence-corrected chi connectivity index (χ1v) is 5.26. The lowest BCUT2D eigenvalue weighted by Crippen LogP contribution is -1.87. The fraction of sp³-hybridized carbons (Fsp3) is 0. The number of benzene rings is 1. The van der Waals surface area contributed by atoms with E-state index >= 15 is 0 Å². The number of hydrogen-bond donors (Lipinski definition) is 2. The van der Waals surface area contributed by atoms with E-state index < -0.39 is 0 Å². The molecule has 84 valence electrons. The lowest BCUT2D eigenvalue weighted by molar-refractivity contribution is 0.452. The lowest BCUT2D eigenvalue weighted by Gasteiger charge is -2.03. The van der Waals surface area contributed by atoms with Gasteiger partial charge in [-0.05, 0) is 12.1 Å². The monoisotopic (exact) mass is 246 g/mol. The molecule has 0 aliphatic rings. The van der Waals surface area contributed by atoms with Gasteiger partial charge in [0.05, 0.1) is 23.1 Å². The number of aromatic hydroxyl groups is 1. The van der Waals surface area contributed by atoms with Gasteiger partial charge in [-0.15, -0.1) is 0 Å². The molecule has 1 aromatic carbocycles. The maximum Gasteiger partial charge on any atom is 0.214 e. The Kier molecular flexibility index (Phi) is 2.19. The summed E-state index contributed by atoms with van der Waals surface area (Å²) in [4.78, 5) is 14.9. The molecule has 0 bridgehead atoms. The summed E-state index contributed by atoms with van der Waals surface area (Å²) in [6.45, 7) is 0. The molecule has 0 amide bonds. The molecule has 0 spiro atoms. The summed E-state index contributed by atoms with van der Waals surface area (Å²) in [6, 6.07) is 5.01. The molecule has 0 aliphatic heterocycles. The van der Waals surface area contributed by atoms with Crippen LogP contribution in [0.5, 0.6) is 5.88 Å². The van der Waals surface area contributed by atoms with Crippen LogP contribution in [0, 0.1) is 0 Å². The number of rotatable bonds is 1. The molecule has 0 unspecified atom stereocenters. The molecule has 0 saturated heterocycles. The van der Waals surface area contributed by atoms with E-state index in [1.165, 1.54) is 12.4 Å². The zero-order valence-electron chi connectivity index (χ0n) is 8.55. The molecule has 5 nitrogen and oxygen atoms in total. The first-order chi connectivity index (χ1) is 8.24. The molecule has 0 radical (unpaired) electrons. The predicted octanol–water partition coefficient (Wildman–Crippen LogP) is 2.38. The number of imidazole rings is 1. The minimum absolute atomic E-state index is 0.0846. The van der Waals surface area contributed by atoms with E-state index in [1.54, 1.807) is 18.5 Å². The lowest BCUT2D eigenvalue weighted by atomic mass is 10.1. The van der Waals surface area contributed by atoms with Crippen molar-refractivity contribution in [2.75, 3.05) is 0 Å². The predicted molar refractivity (Wildman–Crippen MR) is 63.8 cm³/mol. The molecule has 0 aliphatic carbocycles. The highest BCUT2D eigenvalue weighted by Gasteiger charge is 2.10. The van der Waals surface area contributed by atoms with Crippen LogP contribution in [-0.4, -0.2) is 25.0 Å². The minimum Gasteiger partial charge on any atom is -0.493 e. The van der Waals surface area contributed by atoms with Crippen molar-refractivity contribution < 1.29 is 5.11 Å². The first-order valence-electron chi connectivity index (χ1n) is 4.88. The molecule has 3 aromatic rings. The molecule has 2 heterocycles. The van der Waals surface area contributed by atoms with Crippen molar-refractivity contribution in [3.05, 3.63) is 35.9 Å². The van der Waals surface area contributed by atoms with Gasteiger partial charge < -0.3 is 10.1 Å². The highest BCUT2D eigenvalue weighted by molar-refractivity contribution is 6.31. The minimum atomic E-state index is -0.0846. The van der Waals surface area contributed by atoms with Gasteiger partial charge in [0.15, 0.2) is 0 Å². The maximum atomic E-state index is 9.35. The molecular formula is C11H7ClN4O. The van der Waals surface area contributed by atoms with Crippen molar-refractivity contribution in [2.24, 2.45) is 0 Å². The van der Waals surface area contributed by atoms with Crippen LogP contribution in [0.2, 0.25) is 5.02 Å². The van der Waals surface area contributed by atoms with E-state index in [4.69, 9.17) is 11.6 Å². The first kappa shape index (κ1) is 10.0. The number of aromatic nitrogens is 4. The van der Waals surface area contributed by atoms with Crippen LogP contribution in [0.25, 0.3) is 22.3 Å². The van der Waals surface area contributed by atoms with E-state index in [1.807, 2.05) is 0 Å². The Morgan fingerprint density at radius 1 is 1.12 bits per heavy atom. The van der Waals surface area contributed by atoms with Crippen LogP contribution in [0.4, 0.5) is 0 Å². The Hall–Kier alpha value is -2.14. The van der Waals surface area contributed by atoms with Crippen LogP contribution in [0.3, 0.4) is 0 Å². The maximum absolute atomic E-state index is 9.35. The SMILES string of the molecule is Oc1cc(-c2cc(Cl)cc3[nH]cnc23)ncn1. The molecular weight excluding hydrogens is 240 g/mol. The largest absolute Gasteiger partial charge is 0.493 e.